The van der Waals surface area contributed by atoms with Crippen LogP contribution in [0.4, 0.5) is 0 Å². The first kappa shape index (κ1) is 78.8. The smallest absolute Gasteiger partial charge is 0.325 e. The van der Waals surface area contributed by atoms with Crippen molar-refractivity contribution in [2.24, 2.45) is 23.3 Å². The van der Waals surface area contributed by atoms with Gasteiger partial charge in [0.2, 0.25) is 88.6 Å². The number of nitrogens with one attached hydrogen (secondary N) is 14. The molecule has 15 amide bonds. The number of aromatic amines is 1. The summed E-state index contributed by atoms with van der Waals surface area (Å²) in [7, 11) is 0. The van der Waals surface area contributed by atoms with Gasteiger partial charge in [-0.05, 0) is 76.8 Å². The highest BCUT2D eigenvalue weighted by Crippen LogP contribution is 2.22. The largest absolute Gasteiger partial charge is 0.480 e. The van der Waals surface area contributed by atoms with Crippen LogP contribution < -0.4 is 80.6 Å². The van der Waals surface area contributed by atoms with Gasteiger partial charge in [0.1, 0.15) is 66.5 Å². The zero-order chi connectivity index (χ0) is 70.7. The van der Waals surface area contributed by atoms with Crippen molar-refractivity contribution < 1.29 is 86.9 Å². The molecular weight excluding hydrogens is 1250 g/mol. The Bertz CT molecular complexity index is 3090. The lowest BCUT2D eigenvalue weighted by atomic mass is 10.0. The molecule has 0 aliphatic carbocycles. The van der Waals surface area contributed by atoms with Crippen molar-refractivity contribution >= 4 is 118 Å². The van der Waals surface area contributed by atoms with Gasteiger partial charge in [-0.3, -0.25) is 76.7 Å². The molecule has 0 radical (unpaired) electrons. The lowest BCUT2D eigenvalue weighted by molar-refractivity contribution is -0.143. The summed E-state index contributed by atoms with van der Waals surface area (Å²) in [6.45, 7) is 8.68. The number of fused-ring (bicyclic) bond motifs is 1. The number of aliphatic hydroxyl groups excluding tert-OH is 1. The van der Waals surface area contributed by atoms with Crippen LogP contribution >= 0.6 is 12.6 Å². The average molecular weight is 1340 g/mol. The maximum atomic E-state index is 14.2. The third-order valence-electron chi connectivity index (χ3n) is 14.6. The number of carboxylic acids is 1. The van der Waals surface area contributed by atoms with Crippen molar-refractivity contribution in [2.45, 2.75) is 160 Å². The number of primary amides is 1. The number of benzene rings is 1. The summed E-state index contributed by atoms with van der Waals surface area (Å²) in [6, 6.07) is -7.88. The van der Waals surface area contributed by atoms with Crippen LogP contribution in [0.25, 0.3) is 10.9 Å². The van der Waals surface area contributed by atoms with Crippen molar-refractivity contribution in [2.75, 3.05) is 45.1 Å². The van der Waals surface area contributed by atoms with Crippen molar-refractivity contribution in [1.29, 1.82) is 0 Å². The number of aliphatic hydroxyl groups is 1. The van der Waals surface area contributed by atoms with Crippen molar-refractivity contribution in [3.05, 3.63) is 36.0 Å². The third kappa shape index (κ3) is 25.6. The maximum Gasteiger partial charge on any atom is 0.325 e. The second kappa shape index (κ2) is 38.5. The molecule has 1 saturated heterocycles. The number of amides is 15. The summed E-state index contributed by atoms with van der Waals surface area (Å²) < 4.78 is 0. The molecule has 1 aromatic heterocycles. The summed E-state index contributed by atoms with van der Waals surface area (Å²) in [5.41, 5.74) is 11.8. The van der Waals surface area contributed by atoms with E-state index in [0.717, 1.165) is 0 Å². The van der Waals surface area contributed by atoms with E-state index in [1.807, 2.05) is 0 Å². The molecule has 520 valence electrons. The molecule has 0 unspecified atom stereocenters. The van der Waals surface area contributed by atoms with Crippen molar-refractivity contribution in [3.63, 3.8) is 0 Å². The topological polar surface area (TPSA) is 541 Å². The molecule has 35 nitrogen and oxygen atoms in total. The molecule has 0 spiro atoms. The number of carbonyl (C=O) groups excluding carboxylic acids is 15. The van der Waals surface area contributed by atoms with Gasteiger partial charge >= 0.3 is 5.97 Å². The van der Waals surface area contributed by atoms with E-state index >= 15 is 0 Å². The lowest BCUT2D eigenvalue weighted by Gasteiger charge is -2.31. The monoisotopic (exact) mass is 1340 g/mol. The fraction of sp³-hybridized carbons (Fsp3) is 0.586. The molecule has 36 heteroatoms. The summed E-state index contributed by atoms with van der Waals surface area (Å²) in [5.74, 6) is -15.0. The molecule has 94 heavy (non-hydrogen) atoms. The molecule has 1 aliphatic rings. The number of rotatable bonds is 38. The summed E-state index contributed by atoms with van der Waals surface area (Å²) >= 11 is 4.11. The van der Waals surface area contributed by atoms with E-state index in [1.54, 1.807) is 58.2 Å². The van der Waals surface area contributed by atoms with Crippen LogP contribution in [-0.2, 0) is 83.1 Å². The molecule has 2 heterocycles. The van der Waals surface area contributed by atoms with Gasteiger partial charge in [-0.25, -0.2) is 0 Å². The fourth-order valence-corrected chi connectivity index (χ4v) is 9.58. The molecule has 1 aromatic carbocycles. The number of para-hydroxylation sites is 1. The summed E-state index contributed by atoms with van der Waals surface area (Å²) in [4.78, 5) is 212. The van der Waals surface area contributed by atoms with Gasteiger partial charge in [-0.15, -0.1) is 0 Å². The van der Waals surface area contributed by atoms with Crippen LogP contribution in [0.3, 0.4) is 0 Å². The van der Waals surface area contributed by atoms with Crippen LogP contribution in [0.1, 0.15) is 93.1 Å². The SMILES string of the molecule is CC(C)C[C@H](NC(=O)[C@H](C)NC(=O)[C@H](CS)NC(=O)CNC(=O)CNC(=O)CN)C(=O)N1CCC[C@H]1C(=O)N[C@H](C(=O)N[C@@H](CO)C(=O)NCC(=O)N[C@@H](C)C(=O)N[C@@H](C)C(=O)N[C@@H](CCC(N)=O)C(=O)N[C@@H](Cc1c[nH]c2ccccc12)C(=O)N[C@@H](C)C(=O)O)C(C)C. The summed E-state index contributed by atoms with van der Waals surface area (Å²) in [6.07, 6.45) is 1.30. The van der Waals surface area contributed by atoms with E-state index < -0.39 is 200 Å². The number of carboxylic acid groups (broad SMARTS) is 1. The Labute approximate surface area is 546 Å². The van der Waals surface area contributed by atoms with Crippen LogP contribution in [0, 0.1) is 11.8 Å². The highest BCUT2D eigenvalue weighted by atomic mass is 32.1. The van der Waals surface area contributed by atoms with Gasteiger partial charge < -0.3 is 101 Å². The number of carbonyl (C=O) groups is 16. The molecule has 3 rings (SSSR count). The molecular formula is C58H89N17O18S. The fourth-order valence-electron chi connectivity index (χ4n) is 9.33. The Morgan fingerprint density at radius 1 is 0.585 bits per heavy atom. The van der Waals surface area contributed by atoms with Crippen LogP contribution in [0.15, 0.2) is 30.5 Å². The highest BCUT2D eigenvalue weighted by Gasteiger charge is 2.41. The van der Waals surface area contributed by atoms with Crippen molar-refractivity contribution in [1.82, 2.24) is 79.0 Å². The number of aliphatic carboxylic acids is 1. The van der Waals surface area contributed by atoms with E-state index in [1.165, 1.54) is 32.6 Å². The predicted molar refractivity (Wildman–Crippen MR) is 338 cm³/mol. The molecule has 1 aliphatic heterocycles. The second-order valence-corrected chi connectivity index (χ2v) is 23.5. The van der Waals surface area contributed by atoms with Gasteiger partial charge in [-0.1, -0.05) is 45.9 Å². The minimum atomic E-state index is -1.68. The minimum Gasteiger partial charge on any atom is -0.480 e. The Balaban J connectivity index is 1.58. The van der Waals surface area contributed by atoms with E-state index in [-0.39, 0.29) is 50.4 Å². The molecule has 20 N–H and O–H groups in total. The number of hydrogen-bond donors (Lipinski definition) is 19. The van der Waals surface area contributed by atoms with Gasteiger partial charge in [0.15, 0.2) is 0 Å². The first-order valence-corrected chi connectivity index (χ1v) is 31.0. The Morgan fingerprint density at radius 2 is 1.11 bits per heavy atom. The molecule has 0 bridgehead atoms. The first-order chi connectivity index (χ1) is 44.2. The number of nitrogens with zero attached hydrogens (tertiary/aromatic N) is 1. The highest BCUT2D eigenvalue weighted by molar-refractivity contribution is 7.80. The summed E-state index contributed by atoms with van der Waals surface area (Å²) in [5, 5.41) is 51.4. The molecule has 0 saturated carbocycles. The zero-order valence-electron chi connectivity index (χ0n) is 53.6. The Kier molecular flexibility index (Phi) is 32.3. The Hall–Kier alpha value is -9.45. The maximum absolute atomic E-state index is 14.2. The van der Waals surface area contributed by atoms with E-state index in [9.17, 15) is 86.9 Å². The van der Waals surface area contributed by atoms with Crippen LogP contribution in [0.5, 0.6) is 0 Å². The molecule has 2 aromatic rings. The minimum absolute atomic E-state index is 0.0848. The quantitative estimate of drug-likeness (QED) is 0.0278. The van der Waals surface area contributed by atoms with Crippen LogP contribution in [-0.4, -0.2) is 226 Å². The third-order valence-corrected chi connectivity index (χ3v) is 15.0. The number of thiol groups is 1. The number of likely N-dealkylation sites (tertiary alicyclic amines) is 1. The van der Waals surface area contributed by atoms with Crippen LogP contribution in [0.2, 0.25) is 0 Å². The predicted octanol–water partition coefficient (Wildman–Crippen LogP) is -7.09. The zero-order valence-corrected chi connectivity index (χ0v) is 54.5. The lowest BCUT2D eigenvalue weighted by Crippen LogP contribution is -2.60. The molecule has 1 fully saturated rings. The molecule has 11 atom stereocenters. The Morgan fingerprint density at radius 3 is 1.70 bits per heavy atom. The average Bonchev–Trinajstić information content (AvgIpc) is 1.69. The normalized spacial score (nSPS) is 15.9. The number of nitrogens with two attached hydrogens (primary N) is 2. The first-order valence-electron chi connectivity index (χ1n) is 30.3. The number of H-pyrrole nitrogens is 1. The van der Waals surface area contributed by atoms with E-state index in [4.69, 9.17) is 11.5 Å². The number of hydrogen-bond acceptors (Lipinski definition) is 19. The van der Waals surface area contributed by atoms with E-state index in [2.05, 4.69) is 86.7 Å². The van der Waals surface area contributed by atoms with E-state index in [0.29, 0.717) is 22.9 Å². The van der Waals surface area contributed by atoms with Crippen molar-refractivity contribution in [3.8, 4) is 0 Å². The second-order valence-electron chi connectivity index (χ2n) is 23.1. The van der Waals surface area contributed by atoms with Gasteiger partial charge in [-0.2, -0.15) is 12.6 Å². The van der Waals surface area contributed by atoms with Gasteiger partial charge in [0.25, 0.3) is 0 Å². The number of aromatic nitrogens is 1. The van der Waals surface area contributed by atoms with Gasteiger partial charge in [0.05, 0.1) is 32.8 Å². The van der Waals surface area contributed by atoms with Gasteiger partial charge in [0, 0.05) is 42.2 Å². The standard InChI is InChI=1S/C58H89N17O18S/c1-27(2)18-38(72-50(84)31(7)67-54(88)40(26-94)69-46(81)23-63-44(79)22-62-43(78)20-59)57(91)75-17-11-14-41(75)55(89)74-47(28(3)4)56(90)73-39(25-76)51(85)64-24-45(80)65-29(5)48(82)66-30(6)49(83)70-36(15-16-42(60)77)52(86)71-37(53(87)68-32(8)58(92)93)19-33-21-61-35-13-10-9-12-34(33)35/h9-10,12-13,21,27-32,36-41,47,61,76,94H,11,14-20,22-26,59H2,1-8H3,(H2,60,77)(H,62,78)(H,63,79)(H,64,85)(H,65,80)(H,66,82)(H,67,88)(H,68,87)(H,69,81)(H,70,83)(H,71,86)(H,72,84)(H,73,90)(H,74,89)(H,92,93)/t29-,30-,31-,32-,36-,37-,38-,39-,40-,41-,47-/m0/s1.